The Labute approximate surface area is 159 Å². The van der Waals surface area contributed by atoms with Gasteiger partial charge in [-0.15, -0.1) is 10.2 Å². The number of rotatable bonds is 5. The molecular formula is C20H28N4O3. The summed E-state index contributed by atoms with van der Waals surface area (Å²) in [5.41, 5.74) is 1.79. The maximum atomic E-state index is 12.8. The van der Waals surface area contributed by atoms with Gasteiger partial charge in [-0.25, -0.2) is 0 Å². The van der Waals surface area contributed by atoms with Crippen LogP contribution in [0.5, 0.6) is 0 Å². The molecule has 0 saturated carbocycles. The Balaban J connectivity index is 1.71. The first-order valence-corrected chi connectivity index (χ1v) is 9.33. The topological polar surface area (TPSA) is 100 Å². The number of nitrogens with one attached hydrogen (secondary N) is 2. The van der Waals surface area contributed by atoms with Gasteiger partial charge in [0.05, 0.1) is 6.04 Å². The molecule has 0 saturated heterocycles. The second-order valence-electron chi connectivity index (χ2n) is 8.48. The zero-order valence-corrected chi connectivity index (χ0v) is 16.5. The molecule has 1 unspecified atom stereocenters. The third-order valence-corrected chi connectivity index (χ3v) is 4.79. The van der Waals surface area contributed by atoms with Crippen LogP contribution in [0.25, 0.3) is 0 Å². The van der Waals surface area contributed by atoms with Gasteiger partial charge < -0.3 is 20.2 Å². The van der Waals surface area contributed by atoms with Crippen molar-refractivity contribution in [3.63, 3.8) is 0 Å². The van der Waals surface area contributed by atoms with Gasteiger partial charge in [-0.3, -0.25) is 4.79 Å². The van der Waals surface area contributed by atoms with Gasteiger partial charge in [-0.05, 0) is 17.5 Å². The summed E-state index contributed by atoms with van der Waals surface area (Å²) in [6.45, 7) is 9.75. The van der Waals surface area contributed by atoms with Gasteiger partial charge in [0.25, 0.3) is 0 Å². The predicted octanol–water partition coefficient (Wildman–Crippen LogP) is 2.58. The molecule has 0 fully saturated rings. The van der Waals surface area contributed by atoms with Crippen molar-refractivity contribution in [2.24, 2.45) is 5.92 Å². The van der Waals surface area contributed by atoms with Crippen molar-refractivity contribution >= 4 is 11.6 Å². The fourth-order valence-electron chi connectivity index (χ4n) is 3.14. The van der Waals surface area contributed by atoms with E-state index in [1.54, 1.807) is 0 Å². The molecule has 1 aliphatic heterocycles. The maximum absolute atomic E-state index is 12.8. The normalized spacial score (nSPS) is 18.7. The average Bonchev–Trinajstić information content (AvgIpc) is 3.24. The van der Waals surface area contributed by atoms with Crippen molar-refractivity contribution in [2.75, 3.05) is 5.32 Å². The summed E-state index contributed by atoms with van der Waals surface area (Å²) in [6, 6.07) is 6.99. The number of amides is 1. The third-order valence-electron chi connectivity index (χ3n) is 4.79. The number of carbonyl (C=O) groups excluding carboxylic acids is 1. The molecule has 1 aliphatic rings. The summed E-state index contributed by atoms with van der Waals surface area (Å²) in [4.78, 5) is 12.8. The van der Waals surface area contributed by atoms with E-state index in [4.69, 9.17) is 4.42 Å². The van der Waals surface area contributed by atoms with Crippen LogP contribution in [-0.4, -0.2) is 33.3 Å². The van der Waals surface area contributed by atoms with Crippen LogP contribution in [0.1, 0.15) is 58.1 Å². The van der Waals surface area contributed by atoms with Crippen LogP contribution in [0.15, 0.2) is 28.7 Å². The highest BCUT2D eigenvalue weighted by atomic mass is 16.4. The van der Waals surface area contributed by atoms with E-state index >= 15 is 0 Å². The zero-order chi connectivity index (χ0) is 19.8. The molecule has 3 atom stereocenters. The number of nitrogens with zero attached hydrogens (tertiary/aromatic N) is 2. The lowest BCUT2D eigenvalue weighted by molar-refractivity contribution is -0.124. The lowest BCUT2D eigenvalue weighted by atomic mass is 9.97. The number of benzene rings is 1. The lowest BCUT2D eigenvalue weighted by Gasteiger charge is -2.27. The van der Waals surface area contributed by atoms with Gasteiger partial charge in [0.15, 0.2) is 6.10 Å². The smallest absolute Gasteiger partial charge is 0.247 e. The van der Waals surface area contributed by atoms with Crippen molar-refractivity contribution in [1.29, 1.82) is 0 Å². The van der Waals surface area contributed by atoms with Crippen LogP contribution in [0.3, 0.4) is 0 Å². The number of carbonyl (C=O) groups is 1. The van der Waals surface area contributed by atoms with Crippen molar-refractivity contribution in [1.82, 2.24) is 15.5 Å². The van der Waals surface area contributed by atoms with Gasteiger partial charge in [-0.2, -0.15) is 0 Å². The highest BCUT2D eigenvalue weighted by Gasteiger charge is 2.34. The van der Waals surface area contributed by atoms with Crippen LogP contribution in [-0.2, 0) is 16.6 Å². The number of para-hydroxylation sites is 1. The summed E-state index contributed by atoms with van der Waals surface area (Å²) < 4.78 is 5.66. The summed E-state index contributed by atoms with van der Waals surface area (Å²) in [6.07, 6.45) is -0.446. The largest absolute Gasteiger partial charge is 0.422 e. The van der Waals surface area contributed by atoms with Crippen LogP contribution >= 0.6 is 0 Å². The monoisotopic (exact) mass is 372 g/mol. The van der Waals surface area contributed by atoms with Gasteiger partial charge in [0.1, 0.15) is 6.04 Å². The van der Waals surface area contributed by atoms with Crippen molar-refractivity contribution in [3.8, 4) is 0 Å². The number of aliphatic hydroxyl groups excluding tert-OH is 1. The molecular weight excluding hydrogens is 344 g/mol. The molecule has 1 amide bonds. The molecule has 0 spiro atoms. The molecule has 3 rings (SSSR count). The second-order valence-corrected chi connectivity index (χ2v) is 8.48. The van der Waals surface area contributed by atoms with E-state index in [-0.39, 0.29) is 29.2 Å². The Morgan fingerprint density at radius 2 is 2.00 bits per heavy atom. The minimum absolute atomic E-state index is 0.0160. The third kappa shape index (κ3) is 4.13. The van der Waals surface area contributed by atoms with Gasteiger partial charge in [0, 0.05) is 17.5 Å². The first kappa shape index (κ1) is 19.4. The number of aromatic nitrogens is 2. The Kier molecular flexibility index (Phi) is 5.24. The molecule has 1 aromatic carbocycles. The molecule has 1 aromatic heterocycles. The Morgan fingerprint density at radius 3 is 2.59 bits per heavy atom. The summed E-state index contributed by atoms with van der Waals surface area (Å²) in [5.74, 6) is 0.414. The number of fused-ring (bicyclic) bond motifs is 1. The molecule has 0 bridgehead atoms. The summed E-state index contributed by atoms with van der Waals surface area (Å²) in [7, 11) is 0. The van der Waals surface area contributed by atoms with Crippen LogP contribution in [0.4, 0.5) is 5.69 Å². The highest BCUT2D eigenvalue weighted by Crippen LogP contribution is 2.28. The summed E-state index contributed by atoms with van der Waals surface area (Å²) >= 11 is 0. The molecule has 146 valence electrons. The van der Waals surface area contributed by atoms with E-state index in [1.165, 1.54) is 0 Å². The first-order valence-electron chi connectivity index (χ1n) is 9.33. The molecule has 7 nitrogen and oxygen atoms in total. The summed E-state index contributed by atoms with van der Waals surface area (Å²) in [5, 5.41) is 25.0. The number of hydrogen-bond acceptors (Lipinski definition) is 6. The minimum atomic E-state index is -1.07. The molecule has 27 heavy (non-hydrogen) atoms. The van der Waals surface area contributed by atoms with Crippen molar-refractivity contribution in [2.45, 2.75) is 64.6 Å². The van der Waals surface area contributed by atoms with E-state index in [2.05, 4.69) is 20.8 Å². The highest BCUT2D eigenvalue weighted by molar-refractivity contribution is 5.87. The Bertz CT molecular complexity index is 785. The zero-order valence-electron chi connectivity index (χ0n) is 16.5. The first-order chi connectivity index (χ1) is 12.7. The van der Waals surface area contributed by atoms with E-state index in [9.17, 15) is 9.90 Å². The van der Waals surface area contributed by atoms with E-state index in [1.807, 2.05) is 58.9 Å². The Hall–Kier alpha value is -2.41. The van der Waals surface area contributed by atoms with Gasteiger partial charge in [-0.1, -0.05) is 52.8 Å². The molecule has 0 radical (unpaired) electrons. The second kappa shape index (κ2) is 7.31. The SMILES string of the molecule is CC(C)[C@H](NC(=O)[C@@H]1Cc2ccccc2N1)C(O)c1nnc(C(C)(C)C)o1. The van der Waals surface area contributed by atoms with Crippen molar-refractivity contribution < 1.29 is 14.3 Å². The molecule has 7 heteroatoms. The fraction of sp³-hybridized carbons (Fsp3) is 0.550. The number of anilines is 1. The Morgan fingerprint density at radius 1 is 1.30 bits per heavy atom. The number of aliphatic hydroxyl groups is 1. The fourth-order valence-corrected chi connectivity index (χ4v) is 3.14. The molecule has 3 N–H and O–H groups in total. The molecule has 2 aromatic rings. The van der Waals surface area contributed by atoms with Crippen LogP contribution < -0.4 is 10.6 Å². The standard InChI is InChI=1S/C20H28N4O3/c1-11(2)15(16(25)18-23-24-19(27-18)20(3,4)5)22-17(26)14-10-12-8-6-7-9-13(12)21-14/h6-9,11,14-16,21,25H,10H2,1-5H3,(H,22,26)/t14-,15-,16?/m0/s1. The number of hydrogen-bond donors (Lipinski definition) is 3. The van der Waals surface area contributed by atoms with Crippen LogP contribution in [0, 0.1) is 5.92 Å². The van der Waals surface area contributed by atoms with Gasteiger partial charge >= 0.3 is 0 Å². The van der Waals surface area contributed by atoms with Gasteiger partial charge in [0.2, 0.25) is 17.7 Å². The van der Waals surface area contributed by atoms with E-state index < -0.39 is 12.1 Å². The van der Waals surface area contributed by atoms with E-state index in [0.717, 1.165) is 11.3 Å². The minimum Gasteiger partial charge on any atom is -0.422 e. The molecule has 0 aliphatic carbocycles. The maximum Gasteiger partial charge on any atom is 0.247 e. The predicted molar refractivity (Wildman–Crippen MR) is 102 cm³/mol. The quantitative estimate of drug-likeness (QED) is 0.746. The van der Waals surface area contributed by atoms with E-state index in [0.29, 0.717) is 12.3 Å². The average molecular weight is 372 g/mol. The lowest BCUT2D eigenvalue weighted by Crippen LogP contribution is -2.48. The molecule has 2 heterocycles. The van der Waals surface area contributed by atoms with Crippen molar-refractivity contribution in [3.05, 3.63) is 41.6 Å². The van der Waals surface area contributed by atoms with Crippen LogP contribution in [0.2, 0.25) is 0 Å².